The lowest BCUT2D eigenvalue weighted by atomic mass is 9.82. The molecule has 0 saturated heterocycles. The van der Waals surface area contributed by atoms with Crippen molar-refractivity contribution >= 4 is 32.4 Å². The molecule has 5 nitrogen and oxygen atoms in total. The van der Waals surface area contributed by atoms with Crippen LogP contribution in [-0.4, -0.2) is 25.5 Å². The van der Waals surface area contributed by atoms with Gasteiger partial charge in [0.2, 0.25) is 0 Å². The number of nitrogens with zero attached hydrogens (tertiary/aromatic N) is 1. The lowest BCUT2D eigenvalue weighted by Crippen LogP contribution is -2.13. The third kappa shape index (κ3) is 10.5. The minimum absolute atomic E-state index is 0.0301. The number of aromatic hydroxyl groups is 3. The van der Waals surface area contributed by atoms with Crippen LogP contribution in [-0.2, 0) is 21.7 Å². The molecule has 0 fully saturated rings. The molecule has 0 bridgehead atoms. The Morgan fingerprint density at radius 3 is 1.61 bits per heavy atom. The minimum Gasteiger partial charge on any atom is -0.508 e. The lowest BCUT2D eigenvalue weighted by Gasteiger charge is -2.22. The molecule has 1 aromatic heterocycles. The number of rotatable bonds is 0. The van der Waals surface area contributed by atoms with Crippen molar-refractivity contribution in [3.63, 3.8) is 0 Å². The Bertz CT molecular complexity index is 2400. The Morgan fingerprint density at radius 1 is 0.500 bits per heavy atom. The number of H-pyrrole nitrogens is 1. The molecular weight excluding hydrogens is 696 g/mol. The summed E-state index contributed by atoms with van der Waals surface area (Å²) in [6, 6.07) is 32.4. The van der Waals surface area contributed by atoms with Crippen molar-refractivity contribution in [2.24, 2.45) is 0 Å². The molecule has 6 aromatic carbocycles. The smallest absolute Gasteiger partial charge is 0.130 e. The van der Waals surface area contributed by atoms with E-state index >= 15 is 0 Å². The van der Waals surface area contributed by atoms with Crippen LogP contribution in [0.15, 0.2) is 109 Å². The van der Waals surface area contributed by atoms with Crippen LogP contribution in [0.4, 0.5) is 4.39 Å². The predicted molar refractivity (Wildman–Crippen MR) is 235 cm³/mol. The van der Waals surface area contributed by atoms with Crippen molar-refractivity contribution in [2.75, 3.05) is 0 Å². The topological polar surface area (TPSA) is 89.4 Å². The normalized spacial score (nSPS) is 12.0. The summed E-state index contributed by atoms with van der Waals surface area (Å²) in [7, 11) is 0. The average molecular weight is 757 g/mol. The number of phenols is 3. The lowest BCUT2D eigenvalue weighted by molar-refractivity contribution is 0.429. The predicted octanol–water partition coefficient (Wildman–Crippen LogP) is 13.7. The number of aryl methyl sites for hydroxylation is 1. The van der Waals surface area contributed by atoms with Gasteiger partial charge in [0.1, 0.15) is 23.1 Å². The standard InChI is InChI=1S/2C14H16O.C12H16N2.C10H13FO/c1-14(2,3)13-9-11(15)8-10-6-4-5-7-12(10)13;1-14(2,3)13-11-7-5-4-6-10(11)8-9-12(13)15;1-8-5-6-10-9(7-13-14-10)11(8)12(2,3)4;1-10(2,3)9-7(11)5-4-6-8(9)12/h2*4-9,15H,1-3H3;5-7H,1-4H3,(H,13,14);4-6,12H,1-3H3. The Balaban J connectivity index is 0.000000166. The second-order valence-electron chi connectivity index (χ2n) is 18.6. The highest BCUT2D eigenvalue weighted by molar-refractivity contribution is 5.89. The Hall–Kier alpha value is -5.36. The monoisotopic (exact) mass is 756 g/mol. The highest BCUT2D eigenvalue weighted by Gasteiger charge is 2.23. The first-order valence-corrected chi connectivity index (χ1v) is 19.3. The zero-order valence-electron chi connectivity index (χ0n) is 35.6. The largest absolute Gasteiger partial charge is 0.508 e. The Kier molecular flexibility index (Phi) is 13.0. The fourth-order valence-electron chi connectivity index (χ4n) is 7.34. The molecule has 56 heavy (non-hydrogen) atoms. The van der Waals surface area contributed by atoms with Gasteiger partial charge in [-0.1, -0.05) is 150 Å². The summed E-state index contributed by atoms with van der Waals surface area (Å²) in [5.74, 6) is 0.421. The highest BCUT2D eigenvalue weighted by Crippen LogP contribution is 2.37. The maximum atomic E-state index is 13.2. The van der Waals surface area contributed by atoms with E-state index in [4.69, 9.17) is 0 Å². The molecule has 0 radical (unpaired) electrons. The maximum Gasteiger partial charge on any atom is 0.130 e. The van der Waals surface area contributed by atoms with Crippen LogP contribution in [0.25, 0.3) is 32.4 Å². The maximum absolute atomic E-state index is 13.2. The van der Waals surface area contributed by atoms with Gasteiger partial charge in [0, 0.05) is 16.5 Å². The van der Waals surface area contributed by atoms with Gasteiger partial charge in [0.05, 0.1) is 11.7 Å². The van der Waals surface area contributed by atoms with E-state index in [0.717, 1.165) is 21.9 Å². The summed E-state index contributed by atoms with van der Waals surface area (Å²) in [5, 5.41) is 42.0. The van der Waals surface area contributed by atoms with Gasteiger partial charge in [-0.25, -0.2) is 4.39 Å². The molecule has 1 heterocycles. The van der Waals surface area contributed by atoms with Gasteiger partial charge >= 0.3 is 0 Å². The molecule has 0 unspecified atom stereocenters. The number of halogens is 1. The summed E-state index contributed by atoms with van der Waals surface area (Å²) in [5.41, 5.74) is 6.30. The number of aromatic amines is 1. The van der Waals surface area contributed by atoms with Crippen molar-refractivity contribution in [1.82, 2.24) is 10.2 Å². The summed E-state index contributed by atoms with van der Waals surface area (Å²) in [6.45, 7) is 27.3. The van der Waals surface area contributed by atoms with Crippen LogP contribution in [0.5, 0.6) is 17.2 Å². The third-order valence-electron chi connectivity index (χ3n) is 9.64. The number of phenolic OH excluding ortho intramolecular Hbond substituents is 3. The Morgan fingerprint density at radius 2 is 1.05 bits per heavy atom. The Labute approximate surface area is 333 Å². The van der Waals surface area contributed by atoms with Gasteiger partial charge in [-0.2, -0.15) is 5.10 Å². The fraction of sp³-hybridized carbons (Fsp3) is 0.340. The van der Waals surface area contributed by atoms with E-state index in [-0.39, 0.29) is 33.2 Å². The molecule has 0 aliphatic heterocycles. The van der Waals surface area contributed by atoms with Crippen molar-refractivity contribution in [3.05, 3.63) is 143 Å². The van der Waals surface area contributed by atoms with Gasteiger partial charge in [-0.15, -0.1) is 0 Å². The van der Waals surface area contributed by atoms with Crippen LogP contribution in [0.3, 0.4) is 0 Å². The van der Waals surface area contributed by atoms with Crippen molar-refractivity contribution in [1.29, 1.82) is 0 Å². The van der Waals surface area contributed by atoms with E-state index in [1.165, 1.54) is 51.0 Å². The molecule has 6 heteroatoms. The first-order chi connectivity index (χ1) is 25.9. The molecule has 0 saturated carbocycles. The summed E-state index contributed by atoms with van der Waals surface area (Å²) in [4.78, 5) is 0. The average Bonchev–Trinajstić information content (AvgIpc) is 3.55. The molecule has 7 rings (SSSR count). The number of fused-ring (bicyclic) bond motifs is 3. The van der Waals surface area contributed by atoms with Crippen LogP contribution >= 0.6 is 0 Å². The second kappa shape index (κ2) is 16.8. The van der Waals surface area contributed by atoms with Gasteiger partial charge in [-0.3, -0.25) is 5.10 Å². The SMILES string of the molecule is CC(C)(C)c1c(O)ccc2ccccc12.CC(C)(C)c1c(O)cccc1F.CC(C)(C)c1cc(O)cc2ccccc12.Cc1ccc2[nH]ncc2c1C(C)(C)C. The van der Waals surface area contributed by atoms with Crippen molar-refractivity contribution in [3.8, 4) is 17.2 Å². The van der Waals surface area contributed by atoms with Crippen LogP contribution in [0.2, 0.25) is 0 Å². The first-order valence-electron chi connectivity index (χ1n) is 19.3. The van der Waals surface area contributed by atoms with E-state index in [9.17, 15) is 19.7 Å². The first kappa shape index (κ1) is 43.4. The summed E-state index contributed by atoms with van der Waals surface area (Å²) >= 11 is 0. The summed E-state index contributed by atoms with van der Waals surface area (Å²) < 4.78 is 13.2. The molecule has 0 aliphatic rings. The van der Waals surface area contributed by atoms with Crippen LogP contribution < -0.4 is 0 Å². The molecular formula is C50H61FN2O3. The molecule has 0 amide bonds. The number of benzene rings is 6. The van der Waals surface area contributed by atoms with E-state index < -0.39 is 0 Å². The van der Waals surface area contributed by atoms with E-state index in [1.54, 1.807) is 6.07 Å². The number of aromatic nitrogens is 2. The van der Waals surface area contributed by atoms with Crippen LogP contribution in [0.1, 0.15) is 111 Å². The van der Waals surface area contributed by atoms with Gasteiger partial charge in [0.25, 0.3) is 0 Å². The van der Waals surface area contributed by atoms with Gasteiger partial charge in [0.15, 0.2) is 0 Å². The van der Waals surface area contributed by atoms with E-state index in [1.807, 2.05) is 75.5 Å². The molecule has 296 valence electrons. The molecule has 0 spiro atoms. The minimum atomic E-state index is -0.352. The van der Waals surface area contributed by atoms with E-state index in [0.29, 0.717) is 17.1 Å². The zero-order chi connectivity index (χ0) is 41.8. The molecule has 4 N–H and O–H groups in total. The van der Waals surface area contributed by atoms with Gasteiger partial charge in [-0.05, 0) is 103 Å². The molecule has 7 aromatic rings. The number of hydrogen-bond donors (Lipinski definition) is 4. The number of hydrogen-bond acceptors (Lipinski definition) is 4. The van der Waals surface area contributed by atoms with Crippen LogP contribution in [0, 0.1) is 12.7 Å². The third-order valence-corrected chi connectivity index (χ3v) is 9.64. The van der Waals surface area contributed by atoms with E-state index in [2.05, 4.69) is 110 Å². The zero-order valence-corrected chi connectivity index (χ0v) is 35.6. The highest BCUT2D eigenvalue weighted by atomic mass is 19.1. The second-order valence-corrected chi connectivity index (χ2v) is 18.6. The molecule has 0 atom stereocenters. The quantitative estimate of drug-likeness (QED) is 0.124. The number of nitrogens with one attached hydrogen (secondary N) is 1. The van der Waals surface area contributed by atoms with Gasteiger partial charge < -0.3 is 15.3 Å². The summed E-state index contributed by atoms with van der Waals surface area (Å²) in [6.07, 6.45) is 1.92. The fourth-order valence-corrected chi connectivity index (χ4v) is 7.34. The molecule has 0 aliphatic carbocycles. The van der Waals surface area contributed by atoms with Crippen molar-refractivity contribution < 1.29 is 19.7 Å². The van der Waals surface area contributed by atoms with Crippen molar-refractivity contribution in [2.45, 2.75) is 112 Å².